The van der Waals surface area contributed by atoms with Crippen LogP contribution in [0.4, 0.5) is 10.5 Å². The molecule has 1 aromatic carbocycles. The van der Waals surface area contributed by atoms with Gasteiger partial charge in [0.2, 0.25) is 0 Å². The van der Waals surface area contributed by atoms with E-state index in [2.05, 4.69) is 10.6 Å². The van der Waals surface area contributed by atoms with Crippen molar-refractivity contribution >= 4 is 23.6 Å². The summed E-state index contributed by atoms with van der Waals surface area (Å²) in [5.74, 6) is -1.28. The maximum absolute atomic E-state index is 12.9. The highest BCUT2D eigenvalue weighted by Crippen LogP contribution is 2.42. The minimum atomic E-state index is -0.923. The largest absolute Gasteiger partial charge is 0.481 e. The van der Waals surface area contributed by atoms with Crippen LogP contribution in [0.1, 0.15) is 29.6 Å². The second-order valence-corrected chi connectivity index (χ2v) is 7.62. The molecule has 3 aliphatic rings. The zero-order chi connectivity index (χ0) is 19.0. The van der Waals surface area contributed by atoms with Gasteiger partial charge in [-0.25, -0.2) is 4.79 Å². The number of carboxylic acid groups (broad SMARTS) is 1. The molecule has 8 nitrogen and oxygen atoms in total. The number of amides is 3. The van der Waals surface area contributed by atoms with Crippen LogP contribution in [0.5, 0.6) is 0 Å². The van der Waals surface area contributed by atoms with Crippen LogP contribution in [0, 0.1) is 11.3 Å². The molecule has 3 N–H and O–H groups in total. The number of carbonyl (C=O) groups excluding carboxylic acids is 2. The van der Waals surface area contributed by atoms with E-state index in [-0.39, 0.29) is 30.4 Å². The van der Waals surface area contributed by atoms with E-state index in [1.165, 1.54) is 0 Å². The van der Waals surface area contributed by atoms with Gasteiger partial charge in [-0.1, -0.05) is 6.07 Å². The van der Waals surface area contributed by atoms with Crippen LogP contribution in [0.2, 0.25) is 0 Å². The highest BCUT2D eigenvalue weighted by Gasteiger charge is 2.54. The molecule has 1 aromatic rings. The average molecular weight is 373 g/mol. The molecule has 3 fully saturated rings. The topological polar surface area (TPSA) is 108 Å². The van der Waals surface area contributed by atoms with Gasteiger partial charge in [-0.15, -0.1) is 0 Å². The van der Waals surface area contributed by atoms with Crippen LogP contribution in [0.15, 0.2) is 24.3 Å². The van der Waals surface area contributed by atoms with Crippen molar-refractivity contribution in [3.05, 3.63) is 29.8 Å². The Morgan fingerprint density at radius 1 is 1.26 bits per heavy atom. The maximum atomic E-state index is 12.9. The Morgan fingerprint density at radius 2 is 2.07 bits per heavy atom. The molecule has 2 atom stereocenters. The number of aliphatic carboxylic acids is 1. The zero-order valence-electron chi connectivity index (χ0n) is 14.9. The van der Waals surface area contributed by atoms with Crippen LogP contribution < -0.4 is 10.6 Å². The number of hydrogen-bond acceptors (Lipinski definition) is 4. The summed E-state index contributed by atoms with van der Waals surface area (Å²) in [5.41, 5.74) is 0.0414. The number of urea groups is 1. The molecular weight excluding hydrogens is 350 g/mol. The van der Waals surface area contributed by atoms with Crippen molar-refractivity contribution in [1.29, 1.82) is 0 Å². The van der Waals surface area contributed by atoms with E-state index in [9.17, 15) is 19.5 Å². The predicted molar refractivity (Wildman–Crippen MR) is 96.5 cm³/mol. The van der Waals surface area contributed by atoms with Gasteiger partial charge in [0.15, 0.2) is 0 Å². The van der Waals surface area contributed by atoms with Crippen molar-refractivity contribution in [2.24, 2.45) is 11.3 Å². The number of nitrogens with zero attached hydrogens (tertiary/aromatic N) is 1. The van der Waals surface area contributed by atoms with Crippen LogP contribution >= 0.6 is 0 Å². The fraction of sp³-hybridized carbons (Fsp3) is 0.526. The molecule has 3 amide bonds. The Labute approximate surface area is 156 Å². The monoisotopic (exact) mass is 373 g/mol. The number of carboxylic acids is 1. The van der Waals surface area contributed by atoms with Gasteiger partial charge in [0.1, 0.15) is 0 Å². The third-order valence-electron chi connectivity index (χ3n) is 5.70. The van der Waals surface area contributed by atoms with Crippen molar-refractivity contribution in [1.82, 2.24) is 10.2 Å². The fourth-order valence-corrected chi connectivity index (χ4v) is 3.95. The number of nitrogens with one attached hydrogen (secondary N) is 2. The average Bonchev–Trinajstić information content (AvgIpc) is 3.36. The second-order valence-electron chi connectivity index (χ2n) is 7.62. The molecule has 2 saturated heterocycles. The molecule has 2 aliphatic heterocycles. The molecule has 144 valence electrons. The smallest absolute Gasteiger partial charge is 0.319 e. The van der Waals surface area contributed by atoms with Crippen LogP contribution in [0.25, 0.3) is 0 Å². The summed E-state index contributed by atoms with van der Waals surface area (Å²) in [5, 5.41) is 15.3. The number of rotatable bonds is 4. The lowest BCUT2D eigenvalue weighted by Gasteiger charge is -2.33. The van der Waals surface area contributed by atoms with Gasteiger partial charge in [0.05, 0.1) is 12.0 Å². The molecule has 8 heteroatoms. The molecule has 1 saturated carbocycles. The molecule has 0 bridgehead atoms. The first-order valence-electron chi connectivity index (χ1n) is 9.26. The van der Waals surface area contributed by atoms with E-state index < -0.39 is 11.4 Å². The first-order chi connectivity index (χ1) is 13.0. The van der Waals surface area contributed by atoms with Crippen molar-refractivity contribution in [2.75, 3.05) is 31.6 Å². The Hall–Kier alpha value is -2.61. The van der Waals surface area contributed by atoms with Gasteiger partial charge >= 0.3 is 12.0 Å². The number of anilines is 1. The Morgan fingerprint density at radius 3 is 2.78 bits per heavy atom. The molecule has 27 heavy (non-hydrogen) atoms. The lowest BCUT2D eigenvalue weighted by atomic mass is 9.74. The lowest BCUT2D eigenvalue weighted by Crippen LogP contribution is -2.45. The second kappa shape index (κ2) is 6.84. The van der Waals surface area contributed by atoms with Gasteiger partial charge in [-0.05, 0) is 37.5 Å². The summed E-state index contributed by atoms with van der Waals surface area (Å²) >= 11 is 0. The van der Waals surface area contributed by atoms with E-state index >= 15 is 0 Å². The first-order valence-corrected chi connectivity index (χ1v) is 9.26. The van der Waals surface area contributed by atoms with Crippen molar-refractivity contribution < 1.29 is 24.2 Å². The molecule has 0 radical (unpaired) electrons. The fourth-order valence-electron chi connectivity index (χ4n) is 3.95. The summed E-state index contributed by atoms with van der Waals surface area (Å²) in [6.07, 6.45) is 2.41. The van der Waals surface area contributed by atoms with Crippen molar-refractivity contribution in [3.8, 4) is 0 Å². The highest BCUT2D eigenvalue weighted by molar-refractivity contribution is 5.97. The lowest BCUT2D eigenvalue weighted by molar-refractivity contribution is -0.157. The normalized spacial score (nSPS) is 27.0. The number of carbonyl (C=O) groups is 3. The zero-order valence-corrected chi connectivity index (χ0v) is 14.9. The number of fused-ring (bicyclic) bond motifs is 1. The van der Waals surface area contributed by atoms with Crippen LogP contribution in [-0.2, 0) is 9.53 Å². The van der Waals surface area contributed by atoms with Gasteiger partial charge in [0, 0.05) is 42.9 Å². The van der Waals surface area contributed by atoms with Crippen LogP contribution in [-0.4, -0.2) is 60.3 Å². The van der Waals surface area contributed by atoms with Crippen molar-refractivity contribution in [2.45, 2.75) is 25.3 Å². The van der Waals surface area contributed by atoms with E-state index in [4.69, 9.17) is 4.74 Å². The summed E-state index contributed by atoms with van der Waals surface area (Å²) in [6.45, 7) is 1.32. The van der Waals surface area contributed by atoms with E-state index in [0.29, 0.717) is 37.4 Å². The molecule has 1 aliphatic carbocycles. The van der Waals surface area contributed by atoms with Crippen molar-refractivity contribution in [3.63, 3.8) is 0 Å². The van der Waals surface area contributed by atoms with E-state index in [0.717, 1.165) is 12.8 Å². The first kappa shape index (κ1) is 17.8. The quantitative estimate of drug-likeness (QED) is 0.742. The molecule has 0 spiro atoms. The van der Waals surface area contributed by atoms with Gasteiger partial charge in [-0.3, -0.25) is 9.59 Å². The summed E-state index contributed by atoms with van der Waals surface area (Å²) in [4.78, 5) is 38.3. The molecule has 0 unspecified atom stereocenters. The number of hydrogen-bond donors (Lipinski definition) is 3. The Kier molecular flexibility index (Phi) is 4.51. The number of ether oxygens (including phenoxy) is 1. The SMILES string of the molecule is O=C(Nc1cccc(C(=O)N2C[C@H]3COCC[C@@]3(C(=O)O)C2)c1)NC1CC1. The third-order valence-corrected chi connectivity index (χ3v) is 5.70. The Balaban J connectivity index is 1.47. The number of benzene rings is 1. The summed E-state index contributed by atoms with van der Waals surface area (Å²) in [6, 6.07) is 6.70. The van der Waals surface area contributed by atoms with E-state index in [1.54, 1.807) is 29.2 Å². The molecule has 2 heterocycles. The van der Waals surface area contributed by atoms with Gasteiger partial charge in [-0.2, -0.15) is 0 Å². The highest BCUT2D eigenvalue weighted by atomic mass is 16.5. The minimum absolute atomic E-state index is 0.189. The summed E-state index contributed by atoms with van der Waals surface area (Å²) < 4.78 is 5.44. The van der Waals surface area contributed by atoms with Crippen LogP contribution in [0.3, 0.4) is 0 Å². The standard InChI is InChI=1S/C19H23N3O5/c23-16(22-9-13-10-27-7-6-19(13,11-22)17(24)25)12-2-1-3-15(8-12)21-18(26)20-14-4-5-14/h1-3,8,13-14H,4-7,9-11H2,(H,24,25)(H2,20,21,26)/t13-,19+/m0/s1. The number of likely N-dealkylation sites (tertiary alicyclic amines) is 1. The minimum Gasteiger partial charge on any atom is -0.481 e. The van der Waals surface area contributed by atoms with E-state index in [1.807, 2.05) is 0 Å². The molecule has 4 rings (SSSR count). The molecular formula is C19H23N3O5. The van der Waals surface area contributed by atoms with Gasteiger partial charge < -0.3 is 25.4 Å². The summed E-state index contributed by atoms with van der Waals surface area (Å²) in [7, 11) is 0. The maximum Gasteiger partial charge on any atom is 0.319 e. The van der Waals surface area contributed by atoms with Gasteiger partial charge in [0.25, 0.3) is 5.91 Å². The predicted octanol–water partition coefficient (Wildman–Crippen LogP) is 1.53. The third kappa shape index (κ3) is 3.49. The molecule has 0 aromatic heterocycles. The Bertz CT molecular complexity index is 778.